The van der Waals surface area contributed by atoms with Crippen LogP contribution in [0.25, 0.3) is 0 Å². The van der Waals surface area contributed by atoms with Gasteiger partial charge in [0.25, 0.3) is 0 Å². The van der Waals surface area contributed by atoms with Crippen LogP contribution in [-0.4, -0.2) is 0 Å². The Morgan fingerprint density at radius 1 is 0.133 bits per heavy atom. The van der Waals surface area contributed by atoms with Crippen LogP contribution in [0.4, 0.5) is 0 Å². The Labute approximate surface area is 369 Å². The highest BCUT2D eigenvalue weighted by Gasteiger charge is 2.32. The monoisotopic (exact) mass is 803 g/mol. The van der Waals surface area contributed by atoms with Gasteiger partial charge in [0.1, 0.15) is 0 Å². The third-order valence-corrected chi connectivity index (χ3v) is 17.8. The van der Waals surface area contributed by atoms with Crippen molar-refractivity contribution in [1.29, 1.82) is 0 Å². The van der Waals surface area contributed by atoms with E-state index in [-0.39, 0.29) is 11.8 Å². The lowest BCUT2D eigenvalue weighted by Crippen LogP contribution is -2.18. The summed E-state index contributed by atoms with van der Waals surface area (Å²) in [7, 11) is 0. The first kappa shape index (κ1) is 47.2. The molecule has 0 aliphatic rings. The summed E-state index contributed by atoms with van der Waals surface area (Å²) in [5.74, 6) is 1.11. The standard InChI is InChI=1S/C60H82/c1-27-29(3)36(10)53(37(11)30(27)4)46(20)55-40(14)33(7)42(16)57(48(55)22)50(24)59-44(18)35(9)45(19)60(52(59)26)51(25)58-43(17)34(8)41(15)56(49(58)23)47(21)54-38(12)31(5)28(2)32(6)39(54)13/h46-47,50-51H,1-26H3. The minimum absolute atomic E-state index is 0.251. The molecule has 5 rings (SSSR count). The highest BCUT2D eigenvalue weighted by molar-refractivity contribution is 5.65. The Morgan fingerprint density at radius 3 is 0.350 bits per heavy atom. The summed E-state index contributed by atoms with van der Waals surface area (Å²) in [5.41, 5.74) is 44.1. The van der Waals surface area contributed by atoms with E-state index in [0.29, 0.717) is 11.8 Å². The van der Waals surface area contributed by atoms with Crippen molar-refractivity contribution >= 4 is 0 Å². The predicted octanol–water partition coefficient (Wildman–Crippen LogP) is 17.1. The third-order valence-electron chi connectivity index (χ3n) is 17.8. The molecule has 322 valence electrons. The minimum atomic E-state index is 0.251. The average molecular weight is 803 g/mol. The second-order valence-electron chi connectivity index (χ2n) is 19.9. The maximum atomic E-state index is 2.51. The van der Waals surface area contributed by atoms with Crippen molar-refractivity contribution in [2.24, 2.45) is 0 Å². The Hall–Kier alpha value is -3.90. The van der Waals surface area contributed by atoms with Crippen molar-refractivity contribution in [2.45, 2.75) is 204 Å². The van der Waals surface area contributed by atoms with E-state index in [4.69, 9.17) is 0 Å². The van der Waals surface area contributed by atoms with Crippen molar-refractivity contribution in [2.75, 3.05) is 0 Å². The van der Waals surface area contributed by atoms with Gasteiger partial charge in [0.2, 0.25) is 0 Å². The third kappa shape index (κ3) is 6.95. The quantitative estimate of drug-likeness (QED) is 0.147. The van der Waals surface area contributed by atoms with Crippen LogP contribution in [0, 0.1) is 152 Å². The second kappa shape index (κ2) is 16.8. The molecule has 0 amide bonds. The van der Waals surface area contributed by atoms with Gasteiger partial charge in [-0.1, -0.05) is 27.7 Å². The molecule has 0 heteroatoms. The fraction of sp³-hybridized carbons (Fsp3) is 0.500. The minimum Gasteiger partial charge on any atom is -0.0543 e. The predicted molar refractivity (Wildman–Crippen MR) is 266 cm³/mol. The molecule has 0 aromatic heterocycles. The molecular formula is C60H82. The Kier molecular flexibility index (Phi) is 13.2. The van der Waals surface area contributed by atoms with Crippen molar-refractivity contribution in [1.82, 2.24) is 0 Å². The summed E-state index contributed by atoms with van der Waals surface area (Å²) >= 11 is 0. The van der Waals surface area contributed by atoms with Gasteiger partial charge in [0, 0.05) is 23.7 Å². The molecule has 0 spiro atoms. The average Bonchev–Trinajstić information content (AvgIpc) is 3.18. The van der Waals surface area contributed by atoms with Crippen LogP contribution in [0.1, 0.15) is 218 Å². The second-order valence-corrected chi connectivity index (χ2v) is 19.9. The molecule has 0 radical (unpaired) electrons. The molecule has 0 saturated carbocycles. The first-order valence-electron chi connectivity index (χ1n) is 23.1. The summed E-state index contributed by atoms with van der Waals surface area (Å²) in [6.07, 6.45) is 0. The highest BCUT2D eigenvalue weighted by atomic mass is 14.4. The van der Waals surface area contributed by atoms with Crippen molar-refractivity contribution in [3.8, 4) is 0 Å². The van der Waals surface area contributed by atoms with E-state index in [1.165, 1.54) is 167 Å². The van der Waals surface area contributed by atoms with Gasteiger partial charge in [-0.05, 0) is 319 Å². The molecule has 0 fully saturated rings. The lowest BCUT2D eigenvalue weighted by Gasteiger charge is -2.34. The molecule has 0 aliphatic carbocycles. The molecule has 0 saturated heterocycles. The van der Waals surface area contributed by atoms with Crippen molar-refractivity contribution in [3.63, 3.8) is 0 Å². The van der Waals surface area contributed by atoms with Crippen LogP contribution in [0.5, 0.6) is 0 Å². The van der Waals surface area contributed by atoms with Gasteiger partial charge in [0.15, 0.2) is 0 Å². The smallest absolute Gasteiger partial charge is 0.00719 e. The topological polar surface area (TPSA) is 0 Å². The summed E-state index contributed by atoms with van der Waals surface area (Å²) < 4.78 is 0. The highest BCUT2D eigenvalue weighted by Crippen LogP contribution is 2.48. The molecule has 0 N–H and O–H groups in total. The molecule has 5 aromatic rings. The van der Waals surface area contributed by atoms with E-state index in [1.807, 2.05) is 0 Å². The van der Waals surface area contributed by atoms with Crippen LogP contribution in [0.15, 0.2) is 0 Å². The molecule has 4 atom stereocenters. The molecule has 60 heavy (non-hydrogen) atoms. The van der Waals surface area contributed by atoms with Gasteiger partial charge in [-0.3, -0.25) is 0 Å². The van der Waals surface area contributed by atoms with Gasteiger partial charge in [-0.2, -0.15) is 0 Å². The largest absolute Gasteiger partial charge is 0.0543 e. The lowest BCUT2D eigenvalue weighted by atomic mass is 9.70. The molecule has 0 nitrogen and oxygen atoms in total. The number of rotatable bonds is 8. The van der Waals surface area contributed by atoms with Crippen LogP contribution < -0.4 is 0 Å². The molecule has 0 aliphatic heterocycles. The first-order valence-corrected chi connectivity index (χ1v) is 23.1. The Bertz CT molecular complexity index is 2360. The van der Waals surface area contributed by atoms with E-state index in [2.05, 4.69) is 180 Å². The van der Waals surface area contributed by atoms with Crippen LogP contribution in [0.3, 0.4) is 0 Å². The van der Waals surface area contributed by atoms with E-state index in [0.717, 1.165) is 0 Å². The number of benzene rings is 5. The molecule has 0 heterocycles. The van der Waals surface area contributed by atoms with Gasteiger partial charge in [0.05, 0.1) is 0 Å². The van der Waals surface area contributed by atoms with E-state index >= 15 is 0 Å². The first-order chi connectivity index (χ1) is 27.7. The van der Waals surface area contributed by atoms with Gasteiger partial charge >= 0.3 is 0 Å². The Balaban J connectivity index is 1.77. The fourth-order valence-electron chi connectivity index (χ4n) is 13.0. The van der Waals surface area contributed by atoms with Gasteiger partial charge in [-0.25, -0.2) is 0 Å². The zero-order chi connectivity index (χ0) is 45.6. The summed E-state index contributed by atoms with van der Waals surface area (Å²) in [6.45, 7) is 62.1. The van der Waals surface area contributed by atoms with Crippen LogP contribution in [0.2, 0.25) is 0 Å². The fourth-order valence-corrected chi connectivity index (χ4v) is 13.0. The zero-order valence-corrected chi connectivity index (χ0v) is 43.3. The van der Waals surface area contributed by atoms with Crippen LogP contribution >= 0.6 is 0 Å². The maximum Gasteiger partial charge on any atom is 0.00719 e. The molecule has 4 unspecified atom stereocenters. The summed E-state index contributed by atoms with van der Waals surface area (Å²) in [6, 6.07) is 0. The molecular weight excluding hydrogens is 721 g/mol. The maximum absolute atomic E-state index is 2.51. The normalized spacial score (nSPS) is 13.9. The Morgan fingerprint density at radius 2 is 0.217 bits per heavy atom. The molecule has 5 aromatic carbocycles. The summed E-state index contributed by atoms with van der Waals surface area (Å²) in [5, 5.41) is 0. The van der Waals surface area contributed by atoms with Gasteiger partial charge in [-0.15, -0.1) is 0 Å². The van der Waals surface area contributed by atoms with Gasteiger partial charge < -0.3 is 0 Å². The lowest BCUT2D eigenvalue weighted by molar-refractivity contribution is 0.801. The van der Waals surface area contributed by atoms with E-state index < -0.39 is 0 Å². The van der Waals surface area contributed by atoms with E-state index in [9.17, 15) is 0 Å². The molecule has 0 bridgehead atoms. The van der Waals surface area contributed by atoms with Crippen molar-refractivity contribution in [3.05, 3.63) is 167 Å². The summed E-state index contributed by atoms with van der Waals surface area (Å²) in [4.78, 5) is 0. The van der Waals surface area contributed by atoms with Crippen LogP contribution in [-0.2, 0) is 0 Å². The number of hydrogen-bond acceptors (Lipinski definition) is 0. The number of hydrogen-bond donors (Lipinski definition) is 0. The van der Waals surface area contributed by atoms with Crippen molar-refractivity contribution < 1.29 is 0 Å². The zero-order valence-electron chi connectivity index (χ0n) is 43.3. The SMILES string of the molecule is Cc1c(C)c(C)c(C(C)c2c(C)c(C)c(C)c(C(C)c3c(C)c(C)c(C)c(C(C)c4c(C)c(C)c(C)c(C(C)c5c(C)c(C)c(C)c(C)c5C)c4C)c3C)c2C)c(C)c1C. The van der Waals surface area contributed by atoms with E-state index in [1.54, 1.807) is 0 Å².